The van der Waals surface area contributed by atoms with Gasteiger partial charge in [-0.05, 0) is 84.1 Å². The molecule has 2 aliphatic heterocycles. The molecule has 3 aromatic heterocycles. The Hall–Kier alpha value is -2.40. The second-order valence-corrected chi connectivity index (χ2v) is 7.38. The molecule has 0 saturated carbocycles. The standard InChI is InChI=1S/C20H17BrN4/c21-20-18-7-5-16(24-18)10-14-3-1-12(22-14)9-13-2-4-15(23-13)11-17-6-8-19(20)25-17/h1,3,6,8-11,22,25H,2,4-5,7H2. The summed E-state index contributed by atoms with van der Waals surface area (Å²) in [5.41, 5.74) is 8.78. The molecular weight excluding hydrogens is 376 g/mol. The molecule has 5 heterocycles. The minimum absolute atomic E-state index is 0.953. The predicted molar refractivity (Wildman–Crippen MR) is 104 cm³/mol. The number of H-pyrrole nitrogens is 2. The predicted octanol–water partition coefficient (Wildman–Crippen LogP) is 4.65. The van der Waals surface area contributed by atoms with Gasteiger partial charge in [-0.15, -0.1) is 0 Å². The van der Waals surface area contributed by atoms with E-state index in [1.807, 2.05) is 0 Å². The molecule has 2 N–H and O–H groups in total. The number of nitrogens with one attached hydrogen (secondary N) is 2. The van der Waals surface area contributed by atoms with E-state index in [9.17, 15) is 0 Å². The highest BCUT2D eigenvalue weighted by atomic mass is 79.9. The average molecular weight is 393 g/mol. The normalized spacial score (nSPS) is 14.0. The summed E-state index contributed by atoms with van der Waals surface area (Å²) in [7, 11) is 0. The fourth-order valence-electron chi connectivity index (χ4n) is 3.47. The Morgan fingerprint density at radius 2 is 1.24 bits per heavy atom. The molecule has 5 heteroatoms. The molecule has 0 saturated heterocycles. The summed E-state index contributed by atoms with van der Waals surface area (Å²) in [4.78, 5) is 16.5. The first-order chi connectivity index (χ1) is 12.2. The number of aromatic nitrogens is 4. The van der Waals surface area contributed by atoms with E-state index < -0.39 is 0 Å². The molecule has 4 nitrogen and oxygen atoms in total. The van der Waals surface area contributed by atoms with Crippen LogP contribution in [-0.4, -0.2) is 19.9 Å². The average Bonchev–Trinajstić information content (AvgIpc) is 3.36. The highest BCUT2D eigenvalue weighted by Crippen LogP contribution is 2.24. The number of aryl methyl sites for hydroxylation is 4. The number of aromatic amines is 2. The van der Waals surface area contributed by atoms with Gasteiger partial charge in [0.1, 0.15) is 0 Å². The Kier molecular flexibility index (Phi) is 3.48. The van der Waals surface area contributed by atoms with E-state index in [2.05, 4.69) is 68.4 Å². The van der Waals surface area contributed by atoms with Gasteiger partial charge in [0, 0.05) is 33.6 Å². The minimum Gasteiger partial charge on any atom is -0.355 e. The summed E-state index contributed by atoms with van der Waals surface area (Å²) >= 11 is 3.73. The monoisotopic (exact) mass is 392 g/mol. The summed E-state index contributed by atoms with van der Waals surface area (Å²) in [5, 5.41) is 0. The summed E-state index contributed by atoms with van der Waals surface area (Å²) < 4.78 is 1.05. The van der Waals surface area contributed by atoms with Crippen molar-refractivity contribution < 1.29 is 0 Å². The van der Waals surface area contributed by atoms with Crippen LogP contribution in [0.4, 0.5) is 0 Å². The third kappa shape index (κ3) is 2.89. The lowest BCUT2D eigenvalue weighted by atomic mass is 10.2. The van der Waals surface area contributed by atoms with E-state index in [-0.39, 0.29) is 0 Å². The zero-order valence-electron chi connectivity index (χ0n) is 13.6. The molecule has 124 valence electrons. The first kappa shape index (κ1) is 14.9. The first-order valence-electron chi connectivity index (χ1n) is 8.55. The van der Waals surface area contributed by atoms with Crippen LogP contribution in [0.15, 0.2) is 46.9 Å². The molecule has 0 radical (unpaired) electrons. The molecule has 5 rings (SSSR count). The van der Waals surface area contributed by atoms with Crippen molar-refractivity contribution in [3.05, 3.63) is 69.7 Å². The zero-order valence-corrected chi connectivity index (χ0v) is 15.2. The lowest BCUT2D eigenvalue weighted by Gasteiger charge is -1.92. The molecular formula is C20H17BrN4. The van der Waals surface area contributed by atoms with Crippen LogP contribution in [0.3, 0.4) is 0 Å². The van der Waals surface area contributed by atoms with Crippen molar-refractivity contribution in [2.75, 3.05) is 0 Å². The Labute approximate surface area is 153 Å². The van der Waals surface area contributed by atoms with Crippen molar-refractivity contribution in [1.29, 1.82) is 0 Å². The summed E-state index contributed by atoms with van der Waals surface area (Å²) in [5.74, 6) is 0. The van der Waals surface area contributed by atoms with Gasteiger partial charge >= 0.3 is 0 Å². The summed E-state index contributed by atoms with van der Waals surface area (Å²) in [6.45, 7) is 0. The molecule has 3 aromatic rings. The third-order valence-corrected chi connectivity index (χ3v) is 5.60. The van der Waals surface area contributed by atoms with Crippen LogP contribution in [0.1, 0.15) is 22.8 Å². The van der Waals surface area contributed by atoms with Crippen LogP contribution in [0.2, 0.25) is 0 Å². The summed E-state index contributed by atoms with van der Waals surface area (Å²) in [6.07, 6.45) is 3.88. The van der Waals surface area contributed by atoms with Gasteiger partial charge < -0.3 is 9.97 Å². The molecule has 0 aliphatic carbocycles. The van der Waals surface area contributed by atoms with Crippen LogP contribution in [0.25, 0.3) is 22.1 Å². The van der Waals surface area contributed by atoms with Crippen molar-refractivity contribution in [2.45, 2.75) is 25.7 Å². The van der Waals surface area contributed by atoms with Gasteiger partial charge in [-0.3, -0.25) is 9.97 Å². The largest absolute Gasteiger partial charge is 0.355 e. The van der Waals surface area contributed by atoms with Gasteiger partial charge in [0.15, 0.2) is 0 Å². The van der Waals surface area contributed by atoms with Gasteiger partial charge in [0.2, 0.25) is 0 Å². The number of halogens is 1. The van der Waals surface area contributed by atoms with Crippen molar-refractivity contribution in [1.82, 2.24) is 19.9 Å². The molecule has 0 amide bonds. The highest BCUT2D eigenvalue weighted by molar-refractivity contribution is 9.10. The van der Waals surface area contributed by atoms with E-state index in [1.165, 1.54) is 0 Å². The molecule has 0 spiro atoms. The number of hydrogen-bond donors (Lipinski definition) is 2. The molecule has 8 bridgehead atoms. The smallest absolute Gasteiger partial charge is 0.0625 e. The van der Waals surface area contributed by atoms with Crippen LogP contribution >= 0.6 is 15.9 Å². The second kappa shape index (κ2) is 5.85. The lowest BCUT2D eigenvalue weighted by Crippen LogP contribution is -1.81. The molecule has 0 aromatic carbocycles. The maximum atomic E-state index is 4.81. The van der Waals surface area contributed by atoms with Gasteiger partial charge in [-0.2, -0.15) is 0 Å². The van der Waals surface area contributed by atoms with Crippen molar-refractivity contribution >= 4 is 38.0 Å². The number of hydrogen-bond acceptors (Lipinski definition) is 2. The molecule has 0 fully saturated rings. The quantitative estimate of drug-likeness (QED) is 0.584. The Balaban J connectivity index is 1.85. The fourth-order valence-corrected chi connectivity index (χ4v) is 3.99. The zero-order chi connectivity index (χ0) is 16.8. The first-order valence-corrected chi connectivity index (χ1v) is 9.34. The Bertz CT molecular complexity index is 1120. The SMILES string of the molecule is Brc1c2nc(cc3ccc(cc4nc(cc5ccc1[nH]5)CC4)[nH]3)CC2. The third-order valence-electron chi connectivity index (χ3n) is 4.72. The molecule has 0 unspecified atom stereocenters. The Morgan fingerprint density at radius 1 is 0.680 bits per heavy atom. The van der Waals surface area contributed by atoms with E-state index in [4.69, 9.17) is 9.97 Å². The van der Waals surface area contributed by atoms with Gasteiger partial charge in [-0.1, -0.05) is 0 Å². The van der Waals surface area contributed by atoms with Crippen LogP contribution in [0, 0.1) is 0 Å². The highest BCUT2D eigenvalue weighted by Gasteiger charge is 2.11. The van der Waals surface area contributed by atoms with Gasteiger partial charge in [-0.25, -0.2) is 0 Å². The van der Waals surface area contributed by atoms with Crippen molar-refractivity contribution in [2.24, 2.45) is 0 Å². The van der Waals surface area contributed by atoms with Gasteiger partial charge in [0.05, 0.1) is 15.7 Å². The molecule has 2 aliphatic rings. The Morgan fingerprint density at radius 3 is 1.96 bits per heavy atom. The lowest BCUT2D eigenvalue weighted by molar-refractivity contribution is 1.02. The van der Waals surface area contributed by atoms with Crippen molar-refractivity contribution in [3.8, 4) is 0 Å². The second-order valence-electron chi connectivity index (χ2n) is 6.59. The van der Waals surface area contributed by atoms with E-state index in [0.717, 1.165) is 75.0 Å². The number of fused-ring (bicyclic) bond motifs is 8. The van der Waals surface area contributed by atoms with Crippen LogP contribution in [0.5, 0.6) is 0 Å². The molecule has 0 atom stereocenters. The number of rotatable bonds is 0. The topological polar surface area (TPSA) is 57.4 Å². The maximum Gasteiger partial charge on any atom is 0.0625 e. The number of nitrogens with zero attached hydrogens (tertiary/aromatic N) is 2. The van der Waals surface area contributed by atoms with E-state index in [0.29, 0.717) is 0 Å². The molecule has 25 heavy (non-hydrogen) atoms. The van der Waals surface area contributed by atoms with Crippen LogP contribution in [-0.2, 0) is 25.7 Å². The van der Waals surface area contributed by atoms with E-state index >= 15 is 0 Å². The fraction of sp³-hybridized carbons (Fsp3) is 0.200. The van der Waals surface area contributed by atoms with Crippen LogP contribution < -0.4 is 0 Å². The summed E-state index contributed by atoms with van der Waals surface area (Å²) in [6, 6.07) is 14.8. The van der Waals surface area contributed by atoms with Crippen molar-refractivity contribution in [3.63, 3.8) is 0 Å². The minimum atomic E-state index is 0.953. The van der Waals surface area contributed by atoms with Gasteiger partial charge in [0.25, 0.3) is 0 Å². The van der Waals surface area contributed by atoms with E-state index in [1.54, 1.807) is 0 Å². The maximum absolute atomic E-state index is 4.81.